The molecular formula is C11H12BrNO2. The summed E-state index contributed by atoms with van der Waals surface area (Å²) < 4.78 is 6.08. The van der Waals surface area contributed by atoms with Gasteiger partial charge in [0.05, 0.1) is 12.0 Å². The van der Waals surface area contributed by atoms with Crippen LogP contribution in [0.15, 0.2) is 28.7 Å². The van der Waals surface area contributed by atoms with Crippen LogP contribution in [0, 0.1) is 5.92 Å². The smallest absolute Gasteiger partial charge is 0.230 e. The van der Waals surface area contributed by atoms with Gasteiger partial charge in [0.1, 0.15) is 0 Å². The van der Waals surface area contributed by atoms with Crippen molar-refractivity contribution in [3.05, 3.63) is 28.7 Å². The van der Waals surface area contributed by atoms with E-state index in [0.29, 0.717) is 0 Å². The molecule has 1 amide bonds. The van der Waals surface area contributed by atoms with Crippen molar-refractivity contribution in [1.82, 2.24) is 0 Å². The molecule has 0 aliphatic heterocycles. The fourth-order valence-corrected chi connectivity index (χ4v) is 1.74. The van der Waals surface area contributed by atoms with Gasteiger partial charge in [0.2, 0.25) is 5.91 Å². The monoisotopic (exact) mass is 269 g/mol. The zero-order chi connectivity index (χ0) is 10.8. The molecule has 0 spiro atoms. The summed E-state index contributed by atoms with van der Waals surface area (Å²) in [6.07, 6.45) is 0.944. The van der Waals surface area contributed by atoms with Gasteiger partial charge in [-0.2, -0.15) is 0 Å². The number of rotatable bonds is 3. The van der Waals surface area contributed by atoms with Crippen LogP contribution >= 0.6 is 15.9 Å². The van der Waals surface area contributed by atoms with E-state index in [9.17, 15) is 4.79 Å². The predicted molar refractivity (Wildman–Crippen MR) is 61.7 cm³/mol. The lowest BCUT2D eigenvalue weighted by molar-refractivity contribution is -0.118. The number of carbonyl (C=O) groups excluding carboxylic acids is 1. The third kappa shape index (κ3) is 2.58. The van der Waals surface area contributed by atoms with Crippen LogP contribution in [0.5, 0.6) is 0 Å². The standard InChI is InChI=1S/C11H12BrNO2/c1-15-10-6-9(10)11(14)13-8-4-2-7(12)3-5-8/h2-5,9-10H,6H2,1H3,(H,13,14). The summed E-state index contributed by atoms with van der Waals surface area (Å²) >= 11 is 3.34. The quantitative estimate of drug-likeness (QED) is 0.916. The van der Waals surface area contributed by atoms with Crippen molar-refractivity contribution in [2.45, 2.75) is 12.5 Å². The van der Waals surface area contributed by atoms with Crippen molar-refractivity contribution in [3.63, 3.8) is 0 Å². The van der Waals surface area contributed by atoms with E-state index in [4.69, 9.17) is 4.74 Å². The van der Waals surface area contributed by atoms with Gasteiger partial charge in [-0.05, 0) is 30.7 Å². The van der Waals surface area contributed by atoms with E-state index >= 15 is 0 Å². The van der Waals surface area contributed by atoms with E-state index in [1.807, 2.05) is 24.3 Å². The fraction of sp³-hybridized carbons (Fsp3) is 0.364. The highest BCUT2D eigenvalue weighted by Gasteiger charge is 2.43. The van der Waals surface area contributed by atoms with Gasteiger partial charge in [0, 0.05) is 17.3 Å². The molecule has 4 heteroatoms. The Morgan fingerprint density at radius 1 is 1.47 bits per heavy atom. The largest absolute Gasteiger partial charge is 0.381 e. The van der Waals surface area contributed by atoms with Crippen LogP contribution in [0.3, 0.4) is 0 Å². The number of methoxy groups -OCH3 is 1. The number of hydrogen-bond acceptors (Lipinski definition) is 2. The Kier molecular flexibility index (Phi) is 3.07. The summed E-state index contributed by atoms with van der Waals surface area (Å²) in [6.45, 7) is 0. The van der Waals surface area contributed by atoms with Crippen LogP contribution < -0.4 is 5.32 Å². The number of carbonyl (C=O) groups is 1. The van der Waals surface area contributed by atoms with Crippen molar-refractivity contribution in [2.75, 3.05) is 12.4 Å². The van der Waals surface area contributed by atoms with Gasteiger partial charge in [-0.15, -0.1) is 0 Å². The Labute approximate surface area is 96.9 Å². The Morgan fingerprint density at radius 2 is 2.13 bits per heavy atom. The second-order valence-electron chi connectivity index (χ2n) is 3.61. The molecule has 0 saturated heterocycles. The molecule has 1 aromatic carbocycles. The molecule has 2 unspecified atom stereocenters. The van der Waals surface area contributed by atoms with E-state index in [1.54, 1.807) is 7.11 Å². The lowest BCUT2D eigenvalue weighted by atomic mass is 10.3. The number of anilines is 1. The summed E-state index contributed by atoms with van der Waals surface area (Å²) in [5.74, 6) is 0.0721. The minimum absolute atomic E-state index is 0.0265. The molecule has 1 aromatic rings. The van der Waals surface area contributed by atoms with E-state index in [1.165, 1.54) is 0 Å². The zero-order valence-corrected chi connectivity index (χ0v) is 9.95. The highest BCUT2D eigenvalue weighted by Crippen LogP contribution is 2.34. The van der Waals surface area contributed by atoms with E-state index in [-0.39, 0.29) is 17.9 Å². The number of nitrogens with one attached hydrogen (secondary N) is 1. The first-order valence-corrected chi connectivity index (χ1v) is 5.59. The van der Waals surface area contributed by atoms with Gasteiger partial charge < -0.3 is 10.1 Å². The third-order valence-corrected chi connectivity index (χ3v) is 3.01. The van der Waals surface area contributed by atoms with Gasteiger partial charge >= 0.3 is 0 Å². The van der Waals surface area contributed by atoms with Gasteiger partial charge in [-0.3, -0.25) is 4.79 Å². The second-order valence-corrected chi connectivity index (χ2v) is 4.53. The molecule has 1 N–H and O–H groups in total. The van der Waals surface area contributed by atoms with Gasteiger partial charge in [-0.1, -0.05) is 15.9 Å². The number of hydrogen-bond donors (Lipinski definition) is 1. The van der Waals surface area contributed by atoms with Crippen LogP contribution in [0.2, 0.25) is 0 Å². The van der Waals surface area contributed by atoms with Crippen molar-refractivity contribution in [1.29, 1.82) is 0 Å². The summed E-state index contributed by atoms with van der Waals surface area (Å²) in [5, 5.41) is 2.86. The average molecular weight is 270 g/mol. The predicted octanol–water partition coefficient (Wildman–Crippen LogP) is 2.42. The summed E-state index contributed by atoms with van der Waals surface area (Å²) in [5.41, 5.74) is 0.824. The van der Waals surface area contributed by atoms with Crippen molar-refractivity contribution < 1.29 is 9.53 Å². The summed E-state index contributed by atoms with van der Waals surface area (Å²) in [6, 6.07) is 7.53. The molecule has 0 heterocycles. The lowest BCUT2D eigenvalue weighted by Gasteiger charge is -2.04. The Balaban J connectivity index is 1.92. The lowest BCUT2D eigenvalue weighted by Crippen LogP contribution is -2.16. The Morgan fingerprint density at radius 3 is 2.67 bits per heavy atom. The Hall–Kier alpha value is -0.870. The third-order valence-electron chi connectivity index (χ3n) is 2.48. The average Bonchev–Trinajstić information content (AvgIpc) is 3.00. The van der Waals surface area contributed by atoms with Crippen LogP contribution in [0.4, 0.5) is 5.69 Å². The maximum atomic E-state index is 11.6. The van der Waals surface area contributed by atoms with Crippen LogP contribution in [-0.4, -0.2) is 19.1 Å². The van der Waals surface area contributed by atoms with Gasteiger partial charge in [0.15, 0.2) is 0 Å². The zero-order valence-electron chi connectivity index (χ0n) is 8.37. The number of amides is 1. The fourth-order valence-electron chi connectivity index (χ4n) is 1.48. The van der Waals surface area contributed by atoms with Gasteiger partial charge in [-0.25, -0.2) is 0 Å². The van der Waals surface area contributed by atoms with Crippen LogP contribution in [-0.2, 0) is 9.53 Å². The number of ether oxygens (including phenoxy) is 1. The highest BCUT2D eigenvalue weighted by atomic mass is 79.9. The second kappa shape index (κ2) is 4.33. The summed E-state index contributed by atoms with van der Waals surface area (Å²) in [7, 11) is 1.64. The minimum Gasteiger partial charge on any atom is -0.381 e. The maximum Gasteiger partial charge on any atom is 0.230 e. The van der Waals surface area contributed by atoms with Crippen molar-refractivity contribution >= 4 is 27.5 Å². The van der Waals surface area contributed by atoms with E-state index in [2.05, 4.69) is 21.2 Å². The molecule has 3 nitrogen and oxygen atoms in total. The number of benzene rings is 1. The SMILES string of the molecule is COC1CC1C(=O)Nc1ccc(Br)cc1. The normalized spacial score (nSPS) is 23.6. The molecule has 2 atom stereocenters. The number of halogens is 1. The molecule has 15 heavy (non-hydrogen) atoms. The van der Waals surface area contributed by atoms with Crippen LogP contribution in [0.25, 0.3) is 0 Å². The highest BCUT2D eigenvalue weighted by molar-refractivity contribution is 9.10. The first kappa shape index (κ1) is 10.6. The molecule has 0 bridgehead atoms. The molecule has 2 rings (SSSR count). The maximum absolute atomic E-state index is 11.6. The first-order chi connectivity index (χ1) is 7.20. The molecule has 0 radical (unpaired) electrons. The molecule has 80 valence electrons. The topological polar surface area (TPSA) is 38.3 Å². The van der Waals surface area contributed by atoms with Gasteiger partial charge in [0.25, 0.3) is 0 Å². The van der Waals surface area contributed by atoms with E-state index < -0.39 is 0 Å². The summed E-state index contributed by atoms with van der Waals surface area (Å²) in [4.78, 5) is 11.6. The molecule has 1 saturated carbocycles. The Bertz CT molecular complexity index is 363. The molecular weight excluding hydrogens is 258 g/mol. The molecule has 1 fully saturated rings. The molecule has 0 aromatic heterocycles. The molecule has 1 aliphatic carbocycles. The van der Waals surface area contributed by atoms with Crippen molar-refractivity contribution in [3.8, 4) is 0 Å². The van der Waals surface area contributed by atoms with Crippen LogP contribution in [0.1, 0.15) is 6.42 Å². The first-order valence-electron chi connectivity index (χ1n) is 4.80. The van der Waals surface area contributed by atoms with E-state index in [0.717, 1.165) is 16.6 Å². The van der Waals surface area contributed by atoms with Crippen molar-refractivity contribution in [2.24, 2.45) is 5.92 Å². The minimum atomic E-state index is 0.0265. The molecule has 1 aliphatic rings.